The second-order valence-corrected chi connectivity index (χ2v) is 5.06. The zero-order valence-electron chi connectivity index (χ0n) is 11.3. The molecule has 1 aromatic carbocycles. The van der Waals surface area contributed by atoms with Crippen LogP contribution in [0.4, 0.5) is 14.5 Å². The lowest BCUT2D eigenvalue weighted by Gasteiger charge is -2.10. The van der Waals surface area contributed by atoms with E-state index in [1.165, 1.54) is 0 Å². The van der Waals surface area contributed by atoms with Crippen molar-refractivity contribution in [2.45, 2.75) is 19.3 Å². The van der Waals surface area contributed by atoms with Crippen LogP contribution in [0.1, 0.15) is 29.6 Å². The number of carboxylic acid groups (broad SMARTS) is 1. The van der Waals surface area contributed by atoms with E-state index in [0.29, 0.717) is 18.4 Å². The van der Waals surface area contributed by atoms with Crippen LogP contribution in [-0.2, 0) is 4.79 Å². The lowest BCUT2D eigenvalue weighted by atomic mass is 10.0. The normalized spacial score (nSPS) is 17.7. The molecular formula is C14H16F2N2O3. The summed E-state index contributed by atoms with van der Waals surface area (Å²) in [5.41, 5.74) is -0.991. The molecule has 0 aliphatic carbocycles. The van der Waals surface area contributed by atoms with Crippen molar-refractivity contribution in [2.75, 3.05) is 18.4 Å². The first-order valence-electron chi connectivity index (χ1n) is 6.70. The minimum atomic E-state index is -1.51. The van der Waals surface area contributed by atoms with Gasteiger partial charge in [-0.15, -0.1) is 0 Å². The van der Waals surface area contributed by atoms with Crippen molar-refractivity contribution in [3.63, 3.8) is 0 Å². The molecule has 7 heteroatoms. The van der Waals surface area contributed by atoms with Crippen molar-refractivity contribution in [3.05, 3.63) is 29.3 Å². The summed E-state index contributed by atoms with van der Waals surface area (Å²) in [5, 5.41) is 14.3. The van der Waals surface area contributed by atoms with E-state index < -0.39 is 29.1 Å². The number of anilines is 1. The lowest BCUT2D eigenvalue weighted by molar-refractivity contribution is -0.116. The molecule has 1 heterocycles. The standard InChI is InChI=1S/C14H16F2N2O3/c15-10-6-11(16)12(5-9(10)14(20)21)18-13(19)2-1-8-3-4-17-7-8/h5-6,8,17H,1-4,7H2,(H,18,19)(H,20,21). The molecular weight excluding hydrogens is 282 g/mol. The van der Waals surface area contributed by atoms with Gasteiger partial charge in [0.1, 0.15) is 11.6 Å². The highest BCUT2D eigenvalue weighted by atomic mass is 19.1. The average Bonchev–Trinajstić information content (AvgIpc) is 2.92. The summed E-state index contributed by atoms with van der Waals surface area (Å²) in [7, 11) is 0. The molecule has 0 spiro atoms. The maximum absolute atomic E-state index is 13.5. The van der Waals surface area contributed by atoms with Crippen molar-refractivity contribution >= 4 is 17.6 Å². The van der Waals surface area contributed by atoms with Crippen LogP contribution in [0.25, 0.3) is 0 Å². The minimum Gasteiger partial charge on any atom is -0.478 e. The van der Waals surface area contributed by atoms with Crippen LogP contribution in [0.3, 0.4) is 0 Å². The van der Waals surface area contributed by atoms with Gasteiger partial charge in [0.15, 0.2) is 0 Å². The number of hydrogen-bond acceptors (Lipinski definition) is 3. The predicted molar refractivity (Wildman–Crippen MR) is 72.2 cm³/mol. The summed E-state index contributed by atoms with van der Waals surface area (Å²) < 4.78 is 26.8. The van der Waals surface area contributed by atoms with Crippen molar-refractivity contribution in [1.29, 1.82) is 0 Å². The molecule has 1 aliphatic heterocycles. The molecule has 0 saturated carbocycles. The van der Waals surface area contributed by atoms with E-state index in [0.717, 1.165) is 25.6 Å². The molecule has 1 fully saturated rings. The SMILES string of the molecule is O=C(CCC1CCNC1)Nc1cc(C(=O)O)c(F)cc1F. The summed E-state index contributed by atoms with van der Waals surface area (Å²) >= 11 is 0. The molecule has 2 rings (SSSR count). The molecule has 1 saturated heterocycles. The molecule has 1 amide bonds. The van der Waals surface area contributed by atoms with Crippen molar-refractivity contribution in [1.82, 2.24) is 5.32 Å². The summed E-state index contributed by atoms with van der Waals surface area (Å²) in [4.78, 5) is 22.5. The Balaban J connectivity index is 1.99. The number of carbonyl (C=O) groups excluding carboxylic acids is 1. The summed E-state index contributed by atoms with van der Waals surface area (Å²) in [5.74, 6) is -3.67. The Kier molecular flexibility index (Phi) is 4.85. The van der Waals surface area contributed by atoms with Gasteiger partial charge in [0, 0.05) is 12.5 Å². The van der Waals surface area contributed by atoms with E-state index >= 15 is 0 Å². The predicted octanol–water partition coefficient (Wildman–Crippen LogP) is 1.99. The highest BCUT2D eigenvalue weighted by molar-refractivity contribution is 5.94. The molecule has 1 atom stereocenters. The van der Waals surface area contributed by atoms with Gasteiger partial charge in [0.25, 0.3) is 0 Å². The van der Waals surface area contributed by atoms with Crippen LogP contribution in [0.15, 0.2) is 12.1 Å². The van der Waals surface area contributed by atoms with Gasteiger partial charge in [0.05, 0.1) is 11.3 Å². The maximum atomic E-state index is 13.5. The molecule has 3 N–H and O–H groups in total. The Labute approximate surface area is 120 Å². The fourth-order valence-corrected chi connectivity index (χ4v) is 2.32. The van der Waals surface area contributed by atoms with E-state index in [1.807, 2.05) is 0 Å². The average molecular weight is 298 g/mol. The number of rotatable bonds is 5. The lowest BCUT2D eigenvalue weighted by Crippen LogP contribution is -2.16. The number of hydrogen-bond donors (Lipinski definition) is 3. The first-order chi connectivity index (χ1) is 9.97. The van der Waals surface area contributed by atoms with E-state index in [9.17, 15) is 18.4 Å². The first kappa shape index (κ1) is 15.4. The van der Waals surface area contributed by atoms with Crippen LogP contribution < -0.4 is 10.6 Å². The Morgan fingerprint density at radius 3 is 2.71 bits per heavy atom. The molecule has 5 nitrogen and oxygen atoms in total. The van der Waals surface area contributed by atoms with Crippen LogP contribution >= 0.6 is 0 Å². The van der Waals surface area contributed by atoms with Gasteiger partial charge in [-0.1, -0.05) is 0 Å². The number of benzene rings is 1. The number of carboxylic acids is 1. The summed E-state index contributed by atoms with van der Waals surface area (Å²) in [6.07, 6.45) is 1.89. The molecule has 0 aromatic heterocycles. The Hall–Kier alpha value is -2.02. The molecule has 114 valence electrons. The van der Waals surface area contributed by atoms with Gasteiger partial charge >= 0.3 is 5.97 Å². The minimum absolute atomic E-state index is 0.214. The quantitative estimate of drug-likeness (QED) is 0.777. The second kappa shape index (κ2) is 6.62. The number of halogens is 2. The molecule has 21 heavy (non-hydrogen) atoms. The second-order valence-electron chi connectivity index (χ2n) is 5.06. The Morgan fingerprint density at radius 2 is 2.10 bits per heavy atom. The van der Waals surface area contributed by atoms with E-state index in [4.69, 9.17) is 5.11 Å². The highest BCUT2D eigenvalue weighted by Gasteiger charge is 2.18. The Bertz CT molecular complexity index is 557. The Morgan fingerprint density at radius 1 is 1.33 bits per heavy atom. The molecule has 1 unspecified atom stereocenters. The molecule has 1 aromatic rings. The number of carbonyl (C=O) groups is 2. The van der Waals surface area contributed by atoms with E-state index in [-0.39, 0.29) is 12.1 Å². The summed E-state index contributed by atoms with van der Waals surface area (Å²) in [6.45, 7) is 1.79. The van der Waals surface area contributed by atoms with Gasteiger partial charge in [0.2, 0.25) is 5.91 Å². The number of nitrogens with one attached hydrogen (secondary N) is 2. The topological polar surface area (TPSA) is 78.4 Å². The van der Waals surface area contributed by atoms with Crippen LogP contribution in [-0.4, -0.2) is 30.1 Å². The first-order valence-corrected chi connectivity index (χ1v) is 6.70. The molecule has 1 aliphatic rings. The van der Waals surface area contributed by atoms with E-state index in [1.54, 1.807) is 0 Å². The van der Waals surface area contributed by atoms with Crippen molar-refractivity contribution < 1.29 is 23.5 Å². The van der Waals surface area contributed by atoms with Crippen molar-refractivity contribution in [2.24, 2.45) is 5.92 Å². The van der Waals surface area contributed by atoms with Crippen LogP contribution in [0.2, 0.25) is 0 Å². The number of aromatic carboxylic acids is 1. The fraction of sp³-hybridized carbons (Fsp3) is 0.429. The van der Waals surface area contributed by atoms with Gasteiger partial charge in [-0.2, -0.15) is 0 Å². The maximum Gasteiger partial charge on any atom is 0.338 e. The van der Waals surface area contributed by atoms with Gasteiger partial charge in [-0.05, 0) is 37.9 Å². The monoisotopic (exact) mass is 298 g/mol. The van der Waals surface area contributed by atoms with Crippen LogP contribution in [0.5, 0.6) is 0 Å². The zero-order chi connectivity index (χ0) is 15.4. The van der Waals surface area contributed by atoms with E-state index in [2.05, 4.69) is 10.6 Å². The van der Waals surface area contributed by atoms with Gasteiger partial charge in [-0.3, -0.25) is 4.79 Å². The zero-order valence-corrected chi connectivity index (χ0v) is 11.3. The third-order valence-corrected chi connectivity index (χ3v) is 3.50. The largest absolute Gasteiger partial charge is 0.478 e. The smallest absolute Gasteiger partial charge is 0.338 e. The summed E-state index contributed by atoms with van der Waals surface area (Å²) in [6, 6.07) is 1.25. The van der Waals surface area contributed by atoms with Crippen molar-refractivity contribution in [3.8, 4) is 0 Å². The van der Waals surface area contributed by atoms with Gasteiger partial charge in [-0.25, -0.2) is 13.6 Å². The fourth-order valence-electron chi connectivity index (χ4n) is 2.32. The number of amides is 1. The highest BCUT2D eigenvalue weighted by Crippen LogP contribution is 2.21. The third kappa shape index (κ3) is 3.98. The third-order valence-electron chi connectivity index (χ3n) is 3.50. The molecule has 0 bridgehead atoms. The molecule has 0 radical (unpaired) electrons. The van der Waals surface area contributed by atoms with Crippen LogP contribution in [0, 0.1) is 17.6 Å². The van der Waals surface area contributed by atoms with Gasteiger partial charge < -0.3 is 15.7 Å².